The molecule has 3 heterocycles. The highest BCUT2D eigenvalue weighted by Crippen LogP contribution is 2.54. The van der Waals surface area contributed by atoms with Crippen molar-refractivity contribution in [2.45, 2.75) is 45.3 Å². The highest BCUT2D eigenvalue weighted by molar-refractivity contribution is 5.97. The van der Waals surface area contributed by atoms with E-state index in [0.29, 0.717) is 25.2 Å². The highest BCUT2D eigenvalue weighted by Gasteiger charge is 2.52. The molecule has 0 unspecified atom stereocenters. The number of urea groups is 1. The molecule has 1 atom stereocenters. The quantitative estimate of drug-likeness (QED) is 0.760. The number of halogens is 3. The molecule has 0 radical (unpaired) electrons. The van der Waals surface area contributed by atoms with Gasteiger partial charge < -0.3 is 15.1 Å². The highest BCUT2D eigenvalue weighted by atomic mass is 19.2. The Kier molecular flexibility index (Phi) is 4.09. The minimum absolute atomic E-state index is 0.0650. The van der Waals surface area contributed by atoms with Crippen molar-refractivity contribution in [3.8, 4) is 0 Å². The Morgan fingerprint density at radius 3 is 2.57 bits per heavy atom. The van der Waals surface area contributed by atoms with Gasteiger partial charge in [0, 0.05) is 30.8 Å². The number of carbonyl (C=O) groups is 2. The molecule has 1 spiro atoms. The van der Waals surface area contributed by atoms with Crippen molar-refractivity contribution in [3.63, 3.8) is 0 Å². The monoisotopic (exact) mass is 419 g/mol. The van der Waals surface area contributed by atoms with Gasteiger partial charge in [-0.2, -0.15) is 5.10 Å². The number of hydrogen-bond acceptors (Lipinski definition) is 3. The number of nitrogens with zero attached hydrogens (tertiary/aromatic N) is 4. The SMILES string of the molecule is C[C@H]1Cn2ncc(N3CC4(CC4)CC3=O)c2CN1C(=O)Nc1cc(F)c(F)c(F)c1. The average Bonchev–Trinajstić information content (AvgIpc) is 3.19. The van der Waals surface area contributed by atoms with Crippen LogP contribution in [0.25, 0.3) is 0 Å². The molecule has 1 aromatic carbocycles. The van der Waals surface area contributed by atoms with E-state index in [2.05, 4.69) is 10.4 Å². The van der Waals surface area contributed by atoms with Crippen molar-refractivity contribution in [1.29, 1.82) is 0 Å². The number of rotatable bonds is 2. The van der Waals surface area contributed by atoms with Crippen LogP contribution in [0, 0.1) is 22.9 Å². The van der Waals surface area contributed by atoms with Crippen molar-refractivity contribution in [1.82, 2.24) is 14.7 Å². The van der Waals surface area contributed by atoms with Crippen molar-refractivity contribution in [2.75, 3.05) is 16.8 Å². The molecule has 2 fully saturated rings. The number of hydrogen-bond donors (Lipinski definition) is 1. The molecule has 30 heavy (non-hydrogen) atoms. The molecular formula is C20H20F3N5O2. The zero-order valence-corrected chi connectivity index (χ0v) is 16.3. The van der Waals surface area contributed by atoms with Crippen LogP contribution in [0.3, 0.4) is 0 Å². The Morgan fingerprint density at radius 2 is 1.93 bits per heavy atom. The third-order valence-electron chi connectivity index (χ3n) is 6.28. The van der Waals surface area contributed by atoms with Crippen molar-refractivity contribution in [2.24, 2.45) is 5.41 Å². The average molecular weight is 419 g/mol. The van der Waals surface area contributed by atoms with E-state index >= 15 is 0 Å². The number of benzene rings is 1. The molecule has 158 valence electrons. The molecule has 1 N–H and O–H groups in total. The number of aromatic nitrogens is 2. The van der Waals surface area contributed by atoms with Crippen molar-refractivity contribution < 1.29 is 22.8 Å². The molecule has 3 aliphatic rings. The molecular weight excluding hydrogens is 399 g/mol. The molecule has 1 aromatic heterocycles. The van der Waals surface area contributed by atoms with Crippen LogP contribution in [0.2, 0.25) is 0 Å². The van der Waals surface area contributed by atoms with E-state index in [1.165, 1.54) is 4.90 Å². The van der Waals surface area contributed by atoms with Gasteiger partial charge >= 0.3 is 6.03 Å². The lowest BCUT2D eigenvalue weighted by Crippen LogP contribution is -2.47. The van der Waals surface area contributed by atoms with Crippen LogP contribution in [-0.2, 0) is 17.9 Å². The second kappa shape index (κ2) is 6.48. The maximum absolute atomic E-state index is 13.5. The lowest BCUT2D eigenvalue weighted by molar-refractivity contribution is -0.117. The van der Waals surface area contributed by atoms with Gasteiger partial charge in [-0.3, -0.25) is 9.48 Å². The van der Waals surface area contributed by atoms with E-state index in [4.69, 9.17) is 0 Å². The molecule has 5 rings (SSSR count). The molecule has 2 aromatic rings. The second-order valence-corrected chi connectivity index (χ2v) is 8.48. The number of nitrogens with one attached hydrogen (secondary N) is 1. The first-order valence-electron chi connectivity index (χ1n) is 9.83. The van der Waals surface area contributed by atoms with E-state index < -0.39 is 23.5 Å². The fraction of sp³-hybridized carbons (Fsp3) is 0.450. The summed E-state index contributed by atoms with van der Waals surface area (Å²) in [5.41, 5.74) is 1.37. The predicted octanol–water partition coefficient (Wildman–Crippen LogP) is 3.25. The molecule has 1 saturated heterocycles. The Hall–Kier alpha value is -3.04. The van der Waals surface area contributed by atoms with Crippen LogP contribution in [0.4, 0.5) is 29.3 Å². The third kappa shape index (κ3) is 3.01. The molecule has 3 amide bonds. The maximum atomic E-state index is 13.5. The Bertz CT molecular complexity index is 1040. The van der Waals surface area contributed by atoms with Gasteiger partial charge in [0.15, 0.2) is 17.5 Å². The van der Waals surface area contributed by atoms with Crippen molar-refractivity contribution in [3.05, 3.63) is 41.5 Å². The van der Waals surface area contributed by atoms with Gasteiger partial charge in [-0.25, -0.2) is 18.0 Å². The Morgan fingerprint density at radius 1 is 1.23 bits per heavy atom. The first-order valence-corrected chi connectivity index (χ1v) is 9.83. The summed E-state index contributed by atoms with van der Waals surface area (Å²) in [6.07, 6.45) is 4.30. The van der Waals surface area contributed by atoms with E-state index in [1.807, 2.05) is 6.92 Å². The normalized spacial score (nSPS) is 21.9. The van der Waals surface area contributed by atoms with E-state index in [9.17, 15) is 22.8 Å². The lowest BCUT2D eigenvalue weighted by Gasteiger charge is -2.35. The lowest BCUT2D eigenvalue weighted by atomic mass is 10.1. The third-order valence-corrected chi connectivity index (χ3v) is 6.28. The van der Waals surface area contributed by atoms with E-state index in [-0.39, 0.29) is 29.6 Å². The summed E-state index contributed by atoms with van der Waals surface area (Å²) in [6, 6.07) is 0.652. The molecule has 1 saturated carbocycles. The fourth-order valence-electron chi connectivity index (χ4n) is 4.33. The second-order valence-electron chi connectivity index (χ2n) is 8.48. The number of anilines is 2. The van der Waals surface area contributed by atoms with Crippen LogP contribution in [0.1, 0.15) is 31.9 Å². The van der Waals surface area contributed by atoms with E-state index in [1.54, 1.807) is 15.8 Å². The Labute approximate surface area is 170 Å². The van der Waals surface area contributed by atoms with Crippen molar-refractivity contribution >= 4 is 23.3 Å². The summed E-state index contributed by atoms with van der Waals surface area (Å²) in [5, 5.41) is 6.81. The molecule has 7 nitrogen and oxygen atoms in total. The summed E-state index contributed by atoms with van der Waals surface area (Å²) in [4.78, 5) is 28.6. The standard InChI is InChI=1S/C20H20F3N5O2/c1-11-8-28-16(15(7-24-28)27-10-20(2-3-20)6-17(27)29)9-26(11)19(30)25-12-4-13(21)18(23)14(22)5-12/h4-5,7,11H,2-3,6,8-10H2,1H3,(H,25,30)/t11-/m0/s1. The van der Waals surface area contributed by atoms with Crippen LogP contribution in [0.5, 0.6) is 0 Å². The smallest absolute Gasteiger partial charge is 0.314 e. The number of carbonyl (C=O) groups excluding carboxylic acids is 2. The van der Waals surface area contributed by atoms with E-state index in [0.717, 1.165) is 30.7 Å². The van der Waals surface area contributed by atoms with Crippen LogP contribution in [-0.4, -0.2) is 39.2 Å². The summed E-state index contributed by atoms with van der Waals surface area (Å²) in [5.74, 6) is -4.27. The van der Waals surface area contributed by atoms with Crippen LogP contribution in [0.15, 0.2) is 18.3 Å². The molecule has 10 heteroatoms. The minimum atomic E-state index is -1.59. The van der Waals surface area contributed by atoms with Crippen LogP contribution < -0.4 is 10.2 Å². The zero-order valence-electron chi connectivity index (χ0n) is 16.3. The molecule has 0 bridgehead atoms. The number of fused-ring (bicyclic) bond motifs is 1. The Balaban J connectivity index is 1.37. The van der Waals surface area contributed by atoms with Gasteiger partial charge in [0.05, 0.1) is 36.7 Å². The summed E-state index contributed by atoms with van der Waals surface area (Å²) in [7, 11) is 0. The first kappa shape index (κ1) is 19.0. The maximum Gasteiger partial charge on any atom is 0.322 e. The summed E-state index contributed by atoms with van der Waals surface area (Å²) in [6.45, 7) is 3.10. The van der Waals surface area contributed by atoms with Gasteiger partial charge in [-0.1, -0.05) is 0 Å². The molecule has 2 aliphatic heterocycles. The minimum Gasteiger partial charge on any atom is -0.314 e. The summed E-state index contributed by atoms with van der Waals surface area (Å²) < 4.78 is 41.9. The van der Waals surface area contributed by atoms with Gasteiger partial charge in [0.2, 0.25) is 5.91 Å². The molecule has 1 aliphatic carbocycles. The van der Waals surface area contributed by atoms with Gasteiger partial charge in [0.25, 0.3) is 0 Å². The topological polar surface area (TPSA) is 70.5 Å². The summed E-state index contributed by atoms with van der Waals surface area (Å²) >= 11 is 0. The van der Waals surface area contributed by atoms with Crippen LogP contribution >= 0.6 is 0 Å². The van der Waals surface area contributed by atoms with Gasteiger partial charge in [-0.15, -0.1) is 0 Å². The van der Waals surface area contributed by atoms with Gasteiger partial charge in [0.1, 0.15) is 0 Å². The predicted molar refractivity (Wildman–Crippen MR) is 101 cm³/mol. The zero-order chi connectivity index (χ0) is 21.2. The van der Waals surface area contributed by atoms with Gasteiger partial charge in [-0.05, 0) is 25.2 Å². The largest absolute Gasteiger partial charge is 0.322 e. The number of amides is 3. The fourth-order valence-corrected chi connectivity index (χ4v) is 4.33. The first-order chi connectivity index (χ1) is 14.3.